The molecule has 0 amide bonds. The van der Waals surface area contributed by atoms with E-state index < -0.39 is 24.4 Å². The molecule has 2 atom stereocenters. The number of hydrogen-bond acceptors (Lipinski definition) is 6. The molecule has 0 bridgehead atoms. The summed E-state index contributed by atoms with van der Waals surface area (Å²) in [6, 6.07) is 9.57. The minimum absolute atomic E-state index is 0.0406. The molecule has 2 N–H and O–H groups in total. The normalized spacial score (nSPS) is 18.0. The number of aliphatic hydroxyl groups is 2. The zero-order valence-electron chi connectivity index (χ0n) is 18.3. The summed E-state index contributed by atoms with van der Waals surface area (Å²) in [5.74, 6) is 0.686. The number of imidazole rings is 1. The fraction of sp³-hybridized carbons (Fsp3) is 0.292. The van der Waals surface area contributed by atoms with Crippen molar-refractivity contribution in [2.24, 2.45) is 0 Å². The van der Waals surface area contributed by atoms with Crippen molar-refractivity contribution in [2.75, 3.05) is 0 Å². The molecule has 0 radical (unpaired) electrons. The minimum atomic E-state index is -3.01. The Kier molecular flexibility index (Phi) is 5.50. The van der Waals surface area contributed by atoms with Crippen molar-refractivity contribution in [1.82, 2.24) is 19.5 Å². The minimum Gasteiger partial charge on any atom is -0.434 e. The van der Waals surface area contributed by atoms with Crippen LogP contribution in [0.2, 0.25) is 5.02 Å². The number of ether oxygens (including phenoxy) is 1. The summed E-state index contributed by atoms with van der Waals surface area (Å²) in [7, 11) is 0. The molecule has 0 aliphatic carbocycles. The van der Waals surface area contributed by atoms with Crippen molar-refractivity contribution in [3.8, 4) is 16.9 Å². The van der Waals surface area contributed by atoms with Crippen LogP contribution in [0.5, 0.6) is 5.75 Å². The van der Waals surface area contributed by atoms with Crippen LogP contribution in [0.25, 0.3) is 22.2 Å². The first kappa shape index (κ1) is 22.6. The maximum absolute atomic E-state index is 13.1. The number of fused-ring (bicyclic) bond motifs is 3. The quantitative estimate of drug-likeness (QED) is 0.412. The molecule has 7 nitrogen and oxygen atoms in total. The summed E-state index contributed by atoms with van der Waals surface area (Å²) in [6.45, 7) is 0.201. The highest BCUT2D eigenvalue weighted by atomic mass is 35.5. The number of benzene rings is 2. The van der Waals surface area contributed by atoms with Gasteiger partial charge in [-0.05, 0) is 43.7 Å². The zero-order chi connectivity index (χ0) is 24.2. The first-order valence-corrected chi connectivity index (χ1v) is 11.0. The number of rotatable bonds is 5. The number of halogens is 3. The van der Waals surface area contributed by atoms with Gasteiger partial charge in [-0.2, -0.15) is 8.78 Å². The van der Waals surface area contributed by atoms with Gasteiger partial charge in [0.1, 0.15) is 23.3 Å². The Labute approximate surface area is 198 Å². The molecule has 1 unspecified atom stereocenters. The van der Waals surface area contributed by atoms with Crippen LogP contribution in [-0.2, 0) is 5.60 Å². The fourth-order valence-electron chi connectivity index (χ4n) is 4.36. The van der Waals surface area contributed by atoms with Gasteiger partial charge in [0.15, 0.2) is 5.82 Å². The van der Waals surface area contributed by atoms with Gasteiger partial charge in [-0.15, -0.1) is 0 Å². The largest absolute Gasteiger partial charge is 0.434 e. The van der Waals surface area contributed by atoms with Crippen LogP contribution in [0.15, 0.2) is 48.8 Å². The van der Waals surface area contributed by atoms with Gasteiger partial charge in [-0.3, -0.25) is 0 Å². The first-order chi connectivity index (χ1) is 16.1. The van der Waals surface area contributed by atoms with E-state index in [9.17, 15) is 19.0 Å². The Bertz CT molecular complexity index is 1370. The standard InChI is InChI=1S/C24H21ClF2N4O3/c1-24(2,33)22-28-10-13(11-29-22)12-6-7-15-16(8-12)31-17(9-18(32)21(31)30-15)20-14(25)4-3-5-19(20)34-23(26)27/h3-8,10-11,17-18,23,32-33H,9H2,1-2H3/t17-,18?/m0/s1. The molecular formula is C24H21ClF2N4O3. The van der Waals surface area contributed by atoms with Crippen LogP contribution in [0, 0.1) is 0 Å². The molecule has 34 heavy (non-hydrogen) atoms. The second-order valence-electron chi connectivity index (χ2n) is 8.70. The van der Waals surface area contributed by atoms with Crippen LogP contribution in [0.1, 0.15) is 49.6 Å². The van der Waals surface area contributed by atoms with E-state index in [1.54, 1.807) is 32.3 Å². The molecular weight excluding hydrogens is 466 g/mol. The summed E-state index contributed by atoms with van der Waals surface area (Å²) in [4.78, 5) is 13.1. The van der Waals surface area contributed by atoms with Gasteiger partial charge in [0.2, 0.25) is 0 Å². The van der Waals surface area contributed by atoms with Crippen molar-refractivity contribution < 1.29 is 23.7 Å². The highest BCUT2D eigenvalue weighted by molar-refractivity contribution is 6.31. The van der Waals surface area contributed by atoms with Gasteiger partial charge < -0.3 is 19.5 Å². The number of alkyl halides is 2. The van der Waals surface area contributed by atoms with Crippen molar-refractivity contribution >= 4 is 22.6 Å². The highest BCUT2D eigenvalue weighted by Gasteiger charge is 2.37. The third-order valence-electron chi connectivity index (χ3n) is 5.87. The van der Waals surface area contributed by atoms with E-state index in [4.69, 9.17) is 16.3 Å². The second-order valence-corrected chi connectivity index (χ2v) is 9.10. The topological polar surface area (TPSA) is 93.3 Å². The van der Waals surface area contributed by atoms with Crippen LogP contribution in [0.3, 0.4) is 0 Å². The van der Waals surface area contributed by atoms with Gasteiger partial charge in [0, 0.05) is 35.0 Å². The van der Waals surface area contributed by atoms with Crippen molar-refractivity contribution in [3.63, 3.8) is 0 Å². The molecule has 0 saturated carbocycles. The average Bonchev–Trinajstić information content (AvgIpc) is 3.30. The summed E-state index contributed by atoms with van der Waals surface area (Å²) in [5.41, 5.74) is 2.06. The molecule has 4 aromatic rings. The van der Waals surface area contributed by atoms with Crippen molar-refractivity contribution in [3.05, 3.63) is 71.0 Å². The maximum Gasteiger partial charge on any atom is 0.387 e. The average molecular weight is 487 g/mol. The van der Waals surface area contributed by atoms with Crippen LogP contribution < -0.4 is 4.74 Å². The van der Waals surface area contributed by atoms with E-state index in [1.165, 1.54) is 12.1 Å². The van der Waals surface area contributed by atoms with Crippen LogP contribution >= 0.6 is 11.6 Å². The predicted molar refractivity (Wildman–Crippen MR) is 122 cm³/mol. The summed E-state index contributed by atoms with van der Waals surface area (Å²) in [6.07, 6.45) is 2.57. The van der Waals surface area contributed by atoms with E-state index >= 15 is 0 Å². The van der Waals surface area contributed by atoms with E-state index in [0.29, 0.717) is 28.2 Å². The smallest absolute Gasteiger partial charge is 0.387 e. The van der Waals surface area contributed by atoms with Crippen LogP contribution in [-0.4, -0.2) is 36.3 Å². The number of nitrogens with zero attached hydrogens (tertiary/aromatic N) is 4. The Morgan fingerprint density at radius 1 is 1.15 bits per heavy atom. The number of hydrogen-bond donors (Lipinski definition) is 2. The Balaban J connectivity index is 1.63. The molecule has 3 heterocycles. The Morgan fingerprint density at radius 3 is 2.56 bits per heavy atom. The molecule has 176 valence electrons. The lowest BCUT2D eigenvalue weighted by Gasteiger charge is -2.20. The lowest BCUT2D eigenvalue weighted by Crippen LogP contribution is -2.19. The molecule has 10 heteroatoms. The zero-order valence-corrected chi connectivity index (χ0v) is 19.0. The summed E-state index contributed by atoms with van der Waals surface area (Å²) < 4.78 is 32.7. The SMILES string of the molecule is CC(C)(O)c1ncc(-c2ccc3nc4n(c3c2)[C@H](c2c(Cl)cccc2OC(F)F)CC4O)cn1. The first-order valence-electron chi connectivity index (χ1n) is 10.6. The van der Waals surface area contributed by atoms with Gasteiger partial charge >= 0.3 is 6.61 Å². The van der Waals surface area contributed by atoms with Crippen molar-refractivity contribution in [1.29, 1.82) is 0 Å². The Morgan fingerprint density at radius 2 is 1.88 bits per heavy atom. The number of aliphatic hydroxyl groups excluding tert-OH is 1. The summed E-state index contributed by atoms with van der Waals surface area (Å²) >= 11 is 6.43. The van der Waals surface area contributed by atoms with Gasteiger partial charge in [0.05, 0.1) is 17.1 Å². The van der Waals surface area contributed by atoms with E-state index in [1.807, 2.05) is 22.8 Å². The molecule has 2 aromatic carbocycles. The molecule has 1 aliphatic rings. The molecule has 0 spiro atoms. The maximum atomic E-state index is 13.1. The lowest BCUT2D eigenvalue weighted by molar-refractivity contribution is -0.0507. The van der Waals surface area contributed by atoms with Gasteiger partial charge in [-0.1, -0.05) is 23.7 Å². The molecule has 5 rings (SSSR count). The van der Waals surface area contributed by atoms with Crippen LogP contribution in [0.4, 0.5) is 8.78 Å². The number of aromatic nitrogens is 4. The monoisotopic (exact) mass is 486 g/mol. The fourth-order valence-corrected chi connectivity index (χ4v) is 4.65. The van der Waals surface area contributed by atoms with Gasteiger partial charge in [-0.25, -0.2) is 15.0 Å². The van der Waals surface area contributed by atoms with Gasteiger partial charge in [0.25, 0.3) is 0 Å². The van der Waals surface area contributed by atoms with E-state index in [2.05, 4.69) is 15.0 Å². The lowest BCUT2D eigenvalue weighted by atomic mass is 10.0. The van der Waals surface area contributed by atoms with Crippen molar-refractivity contribution in [2.45, 2.75) is 44.6 Å². The third-order valence-corrected chi connectivity index (χ3v) is 6.20. The Hall–Kier alpha value is -3.14. The molecule has 0 saturated heterocycles. The van der Waals surface area contributed by atoms with E-state index in [0.717, 1.165) is 11.1 Å². The van der Waals surface area contributed by atoms with E-state index in [-0.39, 0.29) is 17.2 Å². The summed E-state index contributed by atoms with van der Waals surface area (Å²) in [5, 5.41) is 21.1. The predicted octanol–water partition coefficient (Wildman–Crippen LogP) is 5.00. The molecule has 2 aromatic heterocycles. The highest BCUT2D eigenvalue weighted by Crippen LogP contribution is 2.46. The molecule has 0 fully saturated rings. The second kappa shape index (κ2) is 8.26. The molecule has 1 aliphatic heterocycles. The third kappa shape index (κ3) is 3.89.